The number of aliphatic hydroxyl groups is 2. The molecular weight excluding hydrogens is 1310 g/mol. The molecule has 2 fully saturated rings. The van der Waals surface area contributed by atoms with Crippen LogP contribution in [-0.4, -0.2) is 231 Å². The number of likely N-dealkylation sites (N-methyl/N-ethyl adjacent to an activating group) is 3. The quantitative estimate of drug-likeness (QED) is 0.0407. The van der Waals surface area contributed by atoms with Crippen LogP contribution in [-0.2, 0) is 80.0 Å². The number of benzene rings is 2. The second-order valence-corrected chi connectivity index (χ2v) is 27.7. The number of amides is 9. The number of likely N-dealkylation sites (tertiary alicyclic amines) is 1. The predicted molar refractivity (Wildman–Crippen MR) is 373 cm³/mol. The maximum absolute atomic E-state index is 15.1. The fourth-order valence-electron chi connectivity index (χ4n) is 11.8. The Morgan fingerprint density at radius 2 is 1.20 bits per heavy atom. The third-order valence-corrected chi connectivity index (χ3v) is 19.2. The van der Waals surface area contributed by atoms with Crippen LogP contribution in [0.1, 0.15) is 131 Å². The van der Waals surface area contributed by atoms with E-state index in [1.165, 1.54) is 41.9 Å². The lowest BCUT2D eigenvalue weighted by Crippen LogP contribution is -2.62. The molecule has 100 heavy (non-hydrogen) atoms. The molecule has 0 unspecified atom stereocenters. The number of rotatable bonds is 23. The molecule has 2 heterocycles. The first-order valence-corrected chi connectivity index (χ1v) is 35.1. The van der Waals surface area contributed by atoms with E-state index < -0.39 is 198 Å². The van der Waals surface area contributed by atoms with Crippen LogP contribution < -0.4 is 43.0 Å². The summed E-state index contributed by atoms with van der Waals surface area (Å²) in [6, 6.07) is 2.31. The predicted octanol–water partition coefficient (Wildman–Crippen LogP) is 0.382. The van der Waals surface area contributed by atoms with Crippen molar-refractivity contribution in [2.75, 3.05) is 53.2 Å². The lowest BCUT2D eigenvalue weighted by Gasteiger charge is -2.35. The average molecular weight is 1420 g/mol. The van der Waals surface area contributed by atoms with Crippen LogP contribution in [0.15, 0.2) is 65.7 Å². The number of aliphatic imine (C=N–C) groups is 1. The first-order chi connectivity index (χ1) is 47.3. The van der Waals surface area contributed by atoms with Gasteiger partial charge in [-0.2, -0.15) is 0 Å². The number of aliphatic hydroxyl groups excluding tert-OH is 2. The number of carboxylic acid groups (broad SMARTS) is 1. The summed E-state index contributed by atoms with van der Waals surface area (Å²) in [4.78, 5) is 208. The smallest absolute Gasteiger partial charge is 0.306 e. The Kier molecular flexibility index (Phi) is 34.7. The Morgan fingerprint density at radius 1 is 0.680 bits per heavy atom. The molecule has 4 rings (SSSR count). The lowest BCUT2D eigenvalue weighted by molar-refractivity contribution is -0.146. The molecule has 2 aromatic carbocycles. The Labute approximate surface area is 589 Å². The lowest BCUT2D eigenvalue weighted by atomic mass is 9.93. The van der Waals surface area contributed by atoms with Gasteiger partial charge in [0, 0.05) is 71.5 Å². The monoisotopic (exact) mass is 1420 g/mol. The standard InChI is InChI=1S/C70H104N12O17S/c1-12-41(6)60-69(97)81(11)53(31-44-21-15-13-16-22-44)63(91)76-50(37-84)62(90)77-58(39(2)3)66(94)75-49(68(96)82-30-20-26-52(82)56(87)33-46(70(98)99)25-19-29-73-43(8)71)35-57(88)100-38-51(72-9)55(86)34-47(36-83)67(95)80(10)54(32-45-23-17-14-18-24-45)64(92)78-59(40(4)5)65(93)74-48(61(89)79-60)28-27-42(7)85/h13-18,21-24,39-41,46-54,58-60,72,83-84H,12,19-20,25-38H2,1-11H3,(H2,71,73)(H,74,93)(H,75,94)(H,76,91)(H,77,90)(H,78,92)(H,79,89)(H,98,99)/t41-,46+,47-,48-,49-,50-,51-,52-,53-,54-,58-,59-,60-/m0/s1. The number of nitrogens with zero attached hydrogens (tertiary/aromatic N) is 4. The molecule has 0 saturated carbocycles. The van der Waals surface area contributed by atoms with Crippen molar-refractivity contribution in [3.05, 3.63) is 71.8 Å². The van der Waals surface area contributed by atoms with E-state index in [2.05, 4.69) is 42.2 Å². The highest BCUT2D eigenvalue weighted by Crippen LogP contribution is 2.26. The van der Waals surface area contributed by atoms with E-state index in [-0.39, 0.29) is 82.4 Å². The van der Waals surface area contributed by atoms with Crippen LogP contribution >= 0.6 is 11.8 Å². The number of carbonyl (C=O) groups excluding carboxylic acids is 13. The molecule has 0 spiro atoms. The Morgan fingerprint density at radius 3 is 1.71 bits per heavy atom. The summed E-state index contributed by atoms with van der Waals surface area (Å²) in [6.45, 7) is 10.8. The summed E-state index contributed by atoms with van der Waals surface area (Å²) in [6.07, 6.45) is -1.65. The summed E-state index contributed by atoms with van der Waals surface area (Å²) in [5.41, 5.74) is 6.76. The fourth-order valence-corrected chi connectivity index (χ4v) is 12.8. The molecule has 29 nitrogen and oxygen atoms in total. The summed E-state index contributed by atoms with van der Waals surface area (Å²) in [7, 11) is 4.00. The first-order valence-electron chi connectivity index (χ1n) is 34.1. The summed E-state index contributed by atoms with van der Waals surface area (Å²) < 4.78 is 0. The van der Waals surface area contributed by atoms with Gasteiger partial charge in [0.2, 0.25) is 53.2 Å². The number of amidine groups is 1. The van der Waals surface area contributed by atoms with E-state index in [4.69, 9.17) is 5.73 Å². The molecule has 0 aliphatic carbocycles. The topological polar surface area (TPSA) is 432 Å². The molecule has 0 bridgehead atoms. The van der Waals surface area contributed by atoms with Crippen LogP contribution in [0, 0.1) is 29.6 Å². The van der Waals surface area contributed by atoms with E-state index >= 15 is 4.79 Å². The van der Waals surface area contributed by atoms with E-state index in [0.717, 1.165) is 14.7 Å². The van der Waals surface area contributed by atoms with E-state index in [1.54, 1.807) is 95.3 Å². The summed E-state index contributed by atoms with van der Waals surface area (Å²) in [5, 5.41) is 49.6. The van der Waals surface area contributed by atoms with E-state index in [0.29, 0.717) is 28.7 Å². The molecule has 2 saturated heterocycles. The van der Waals surface area contributed by atoms with Crippen molar-refractivity contribution in [1.82, 2.24) is 51.9 Å². The van der Waals surface area contributed by atoms with Gasteiger partial charge in [0.15, 0.2) is 16.7 Å². The highest BCUT2D eigenvalue weighted by atomic mass is 32.2. The van der Waals surface area contributed by atoms with Crippen LogP contribution in [0.4, 0.5) is 0 Å². The van der Waals surface area contributed by atoms with E-state index in [9.17, 15) is 77.6 Å². The summed E-state index contributed by atoms with van der Waals surface area (Å²) >= 11 is 0.575. The van der Waals surface area contributed by atoms with Gasteiger partial charge in [-0.3, -0.25) is 67.3 Å². The minimum absolute atomic E-state index is 0.0430. The van der Waals surface area contributed by atoms with Crippen LogP contribution in [0.25, 0.3) is 0 Å². The van der Waals surface area contributed by atoms with Crippen molar-refractivity contribution in [2.45, 2.75) is 193 Å². The summed E-state index contributed by atoms with van der Waals surface area (Å²) in [5.74, 6) is -16.0. The van der Waals surface area contributed by atoms with Crippen LogP contribution in [0.2, 0.25) is 0 Å². The van der Waals surface area contributed by atoms with Gasteiger partial charge < -0.3 is 77.8 Å². The fraction of sp³-hybridized carbons (Fsp3) is 0.614. The molecule has 2 aromatic rings. The average Bonchev–Trinajstić information content (AvgIpc) is 1.27. The van der Waals surface area contributed by atoms with Crippen molar-refractivity contribution in [3.63, 3.8) is 0 Å². The zero-order valence-corrected chi connectivity index (χ0v) is 60.1. The normalized spacial score (nSPS) is 25.4. The molecule has 9 amide bonds. The number of nitrogens with two attached hydrogens (primary N) is 1. The first kappa shape index (κ1) is 83.9. The molecule has 13 atom stereocenters. The Bertz CT molecular complexity index is 3210. The van der Waals surface area contributed by atoms with Gasteiger partial charge in [-0.25, -0.2) is 0 Å². The maximum atomic E-state index is 15.1. The Balaban J connectivity index is 1.88. The van der Waals surface area contributed by atoms with Gasteiger partial charge in [0.1, 0.15) is 54.1 Å². The number of hydrogen-bond acceptors (Lipinski definition) is 19. The molecule has 12 N–H and O–H groups in total. The largest absolute Gasteiger partial charge is 0.481 e. The second-order valence-electron chi connectivity index (χ2n) is 26.6. The third-order valence-electron chi connectivity index (χ3n) is 18.2. The molecule has 0 radical (unpaired) electrons. The third kappa shape index (κ3) is 25.3. The van der Waals surface area contributed by atoms with Crippen molar-refractivity contribution in [2.24, 2.45) is 40.3 Å². The van der Waals surface area contributed by atoms with Crippen molar-refractivity contribution >= 4 is 99.2 Å². The van der Waals surface area contributed by atoms with Crippen molar-refractivity contribution < 1.29 is 82.4 Å². The van der Waals surface area contributed by atoms with Gasteiger partial charge in [0.25, 0.3) is 0 Å². The van der Waals surface area contributed by atoms with Gasteiger partial charge >= 0.3 is 5.97 Å². The number of aliphatic carboxylic acids is 1. The number of ketones is 3. The number of Topliss-reactive ketones (excluding diaryl/α,β-unsaturated/α-hetero) is 3. The maximum Gasteiger partial charge on any atom is 0.306 e. The SMILES string of the molecule is CC[C@H](C)[C@@H]1NC(=O)[C@H](CCC(C)=O)NC(=O)[C@H](C(C)C)NC(=O)[C@H](Cc2ccccc2)N(C)C(=O)[C@H](CO)CC(=O)[C@@H](NC)CSC(=O)C[C@@H](C(=O)N2CCC[C@H]2C(=O)C[C@@H](CCCN=C(C)N)C(=O)O)NC(=O)[C@H](C(C)C)NC(=O)[C@H](CO)NC(=O)[C@H](Cc2ccccc2)N(C)C1=O. The molecular formula is C70H104N12O17S. The Hall–Kier alpha value is -8.48. The van der Waals surface area contributed by atoms with Crippen molar-refractivity contribution in [3.8, 4) is 0 Å². The number of thioether (sulfide) groups is 1. The molecule has 0 aromatic heterocycles. The molecule has 2 aliphatic heterocycles. The van der Waals surface area contributed by atoms with Gasteiger partial charge in [-0.05, 0) is 81.9 Å². The van der Waals surface area contributed by atoms with Crippen molar-refractivity contribution in [1.29, 1.82) is 0 Å². The zero-order valence-electron chi connectivity index (χ0n) is 59.3. The number of hydrogen-bond donors (Lipinski definition) is 11. The molecule has 2 aliphatic rings. The van der Waals surface area contributed by atoms with Gasteiger partial charge in [-0.15, -0.1) is 0 Å². The molecule has 552 valence electrons. The minimum atomic E-state index is -1.81. The second kappa shape index (κ2) is 41.3. The van der Waals surface area contributed by atoms with Gasteiger partial charge in [0.05, 0.1) is 43.0 Å². The van der Waals surface area contributed by atoms with Crippen LogP contribution in [0.3, 0.4) is 0 Å². The van der Waals surface area contributed by atoms with E-state index in [1.807, 2.05) is 0 Å². The van der Waals surface area contributed by atoms with Crippen LogP contribution in [0.5, 0.6) is 0 Å². The minimum Gasteiger partial charge on any atom is -0.481 e. The van der Waals surface area contributed by atoms with Gasteiger partial charge in [-0.1, -0.05) is 120 Å². The molecule has 30 heteroatoms. The number of carbonyl (C=O) groups is 14. The number of carboxylic acids is 1. The highest BCUT2D eigenvalue weighted by Gasteiger charge is 2.43. The number of nitrogens with one attached hydrogen (secondary N) is 7. The highest BCUT2D eigenvalue weighted by molar-refractivity contribution is 8.13. The zero-order chi connectivity index (χ0) is 74.7.